The van der Waals surface area contributed by atoms with E-state index in [0.29, 0.717) is 65.8 Å². The Morgan fingerprint density at radius 2 is 1.92 bits per heavy atom. The number of aryl methyl sites for hydroxylation is 1. The fourth-order valence-electron chi connectivity index (χ4n) is 6.95. The number of likely N-dealkylation sites (tertiary alicyclic amines) is 1. The number of nitriles is 1. The minimum atomic E-state index is -4.64. The van der Waals surface area contributed by atoms with Crippen LogP contribution in [0.3, 0.4) is 0 Å². The molecule has 1 N–H and O–H groups in total. The molecule has 2 fully saturated rings. The Hall–Kier alpha value is -4.80. The Labute approximate surface area is 276 Å². The molecule has 1 amide bonds. The first-order valence-electron chi connectivity index (χ1n) is 15.9. The van der Waals surface area contributed by atoms with Crippen molar-refractivity contribution >= 4 is 17.5 Å². The maximum Gasteiger partial charge on any atom is 0.416 e. The molecule has 7 rings (SSSR count). The van der Waals surface area contributed by atoms with Crippen LogP contribution in [0, 0.1) is 22.7 Å². The Morgan fingerprint density at radius 3 is 2.58 bits per heavy atom. The number of hydrogen-bond acceptors (Lipinski definition) is 8. The summed E-state index contributed by atoms with van der Waals surface area (Å²) < 4.78 is 50.9. The molecule has 2 saturated heterocycles. The number of pyridine rings is 1. The van der Waals surface area contributed by atoms with E-state index < -0.39 is 17.6 Å². The number of halogens is 3. The summed E-state index contributed by atoms with van der Waals surface area (Å²) >= 11 is 0. The van der Waals surface area contributed by atoms with Crippen molar-refractivity contribution in [2.24, 2.45) is 18.4 Å². The molecule has 2 aromatic heterocycles. The molecule has 5 heterocycles. The van der Waals surface area contributed by atoms with Crippen molar-refractivity contribution in [2.75, 3.05) is 43.1 Å². The molecule has 2 aromatic carbocycles. The van der Waals surface area contributed by atoms with Gasteiger partial charge in [-0.2, -0.15) is 18.4 Å². The quantitative estimate of drug-likeness (QED) is 0.250. The minimum Gasteiger partial charge on any atom is -0.381 e. The lowest BCUT2D eigenvalue weighted by atomic mass is 9.79. The van der Waals surface area contributed by atoms with Crippen molar-refractivity contribution in [2.45, 2.75) is 39.5 Å². The fourth-order valence-corrected chi connectivity index (χ4v) is 6.95. The molecule has 0 unspecified atom stereocenters. The van der Waals surface area contributed by atoms with Crippen LogP contribution in [-0.4, -0.2) is 63.4 Å². The zero-order chi connectivity index (χ0) is 33.8. The average molecular weight is 657 g/mol. The number of amides is 1. The molecule has 0 radical (unpaired) electrons. The Morgan fingerprint density at radius 1 is 1.10 bits per heavy atom. The molecule has 10 nitrogen and oxygen atoms in total. The van der Waals surface area contributed by atoms with Crippen LogP contribution in [0.1, 0.15) is 52.9 Å². The first kappa shape index (κ1) is 31.8. The van der Waals surface area contributed by atoms with Gasteiger partial charge >= 0.3 is 6.18 Å². The topological polar surface area (TPSA) is 112 Å². The van der Waals surface area contributed by atoms with Crippen LogP contribution in [0.5, 0.6) is 0 Å². The van der Waals surface area contributed by atoms with Crippen molar-refractivity contribution in [3.05, 3.63) is 76.6 Å². The second-order valence-electron chi connectivity index (χ2n) is 13.5. The third kappa shape index (κ3) is 5.90. The molecule has 0 atom stereocenters. The average Bonchev–Trinajstić information content (AvgIpc) is 3.78. The van der Waals surface area contributed by atoms with E-state index in [0.717, 1.165) is 19.5 Å². The molecular formula is C35H35F3N8O2. The van der Waals surface area contributed by atoms with Crippen molar-refractivity contribution in [1.29, 1.82) is 5.26 Å². The molecule has 48 heavy (non-hydrogen) atoms. The van der Waals surface area contributed by atoms with E-state index in [-0.39, 0.29) is 34.8 Å². The normalized spacial score (nSPS) is 17.2. The van der Waals surface area contributed by atoms with Crippen LogP contribution in [0.4, 0.5) is 24.8 Å². The predicted molar refractivity (Wildman–Crippen MR) is 173 cm³/mol. The summed E-state index contributed by atoms with van der Waals surface area (Å²) in [6, 6.07) is 13.6. The number of benzene rings is 2. The second-order valence-corrected chi connectivity index (χ2v) is 13.5. The lowest BCUT2D eigenvalue weighted by Crippen LogP contribution is -2.56. The van der Waals surface area contributed by atoms with Gasteiger partial charge in [-0.3, -0.25) is 14.6 Å². The summed E-state index contributed by atoms with van der Waals surface area (Å²) in [6.45, 7) is 7.61. The van der Waals surface area contributed by atoms with Crippen molar-refractivity contribution in [3.8, 4) is 28.6 Å². The largest absolute Gasteiger partial charge is 0.416 e. The predicted octanol–water partition coefficient (Wildman–Crippen LogP) is 5.89. The van der Waals surface area contributed by atoms with Gasteiger partial charge in [-0.05, 0) is 77.1 Å². The van der Waals surface area contributed by atoms with Gasteiger partial charge in [-0.15, -0.1) is 10.2 Å². The van der Waals surface area contributed by atoms with Gasteiger partial charge in [-0.25, -0.2) is 4.98 Å². The first-order chi connectivity index (χ1) is 22.9. The highest BCUT2D eigenvalue weighted by atomic mass is 19.4. The Balaban J connectivity index is 1.28. The van der Waals surface area contributed by atoms with Gasteiger partial charge in [0.25, 0.3) is 5.91 Å². The standard InChI is InChI=1S/C35H35F3N8O2/c1-21(2)14-40-30-11-24(26-8-22(13-39)4-5-25(26)32-43-41-20-44(32)3)12-31(42-30)46-16-28-27(33(46)47)9-23(10-29(28)35(36,37)38)15-45-17-34(18-45)6-7-48-19-34/h4-5,8-12,20-21H,6-7,14-19H2,1-3H3,(H,40,42). The second kappa shape index (κ2) is 12.0. The zero-order valence-corrected chi connectivity index (χ0v) is 26.9. The number of alkyl halides is 3. The van der Waals surface area contributed by atoms with Gasteiger partial charge in [-0.1, -0.05) is 13.8 Å². The van der Waals surface area contributed by atoms with E-state index in [4.69, 9.17) is 9.72 Å². The molecule has 4 aromatic rings. The molecule has 1 spiro atoms. The Bertz CT molecular complexity index is 1930. The number of nitrogens with one attached hydrogen (secondary N) is 1. The van der Waals surface area contributed by atoms with Gasteiger partial charge in [0.2, 0.25) is 0 Å². The first-order valence-corrected chi connectivity index (χ1v) is 15.9. The number of aromatic nitrogens is 4. The third-order valence-corrected chi connectivity index (χ3v) is 9.31. The molecule has 0 bridgehead atoms. The number of rotatable bonds is 8. The van der Waals surface area contributed by atoms with Crippen LogP contribution < -0.4 is 10.2 Å². The van der Waals surface area contributed by atoms with E-state index in [1.165, 1.54) is 11.0 Å². The van der Waals surface area contributed by atoms with E-state index in [2.05, 4.69) is 26.5 Å². The van der Waals surface area contributed by atoms with E-state index in [9.17, 15) is 23.2 Å². The summed E-state index contributed by atoms with van der Waals surface area (Å²) in [5.41, 5.74) is 2.08. The highest BCUT2D eigenvalue weighted by Crippen LogP contribution is 2.43. The van der Waals surface area contributed by atoms with Crippen LogP contribution >= 0.6 is 0 Å². The lowest BCUT2D eigenvalue weighted by molar-refractivity contribution is -0.138. The van der Waals surface area contributed by atoms with Gasteiger partial charge < -0.3 is 14.6 Å². The molecule has 3 aliphatic rings. The zero-order valence-electron chi connectivity index (χ0n) is 26.9. The Kier molecular flexibility index (Phi) is 7.96. The van der Waals surface area contributed by atoms with E-state index >= 15 is 0 Å². The molecule has 0 saturated carbocycles. The summed E-state index contributed by atoms with van der Waals surface area (Å²) in [7, 11) is 1.81. The number of carbonyl (C=O) groups excluding carboxylic acids is 1. The number of ether oxygens (including phenoxy) is 1. The molecule has 248 valence electrons. The molecule has 3 aliphatic heterocycles. The monoisotopic (exact) mass is 656 g/mol. The highest BCUT2D eigenvalue weighted by molar-refractivity contribution is 6.10. The van der Waals surface area contributed by atoms with E-state index in [1.807, 2.05) is 19.9 Å². The summed E-state index contributed by atoms with van der Waals surface area (Å²) in [5.74, 6) is 0.936. The molecule has 13 heteroatoms. The maximum atomic E-state index is 14.5. The van der Waals surface area contributed by atoms with Crippen LogP contribution in [-0.2, 0) is 31.1 Å². The van der Waals surface area contributed by atoms with Gasteiger partial charge in [0, 0.05) is 56.4 Å². The number of fused-ring (bicyclic) bond motifs is 1. The van der Waals surface area contributed by atoms with Crippen LogP contribution in [0.2, 0.25) is 0 Å². The summed E-state index contributed by atoms with van der Waals surface area (Å²) in [5, 5.41) is 21.3. The smallest absolute Gasteiger partial charge is 0.381 e. The number of nitrogens with zero attached hydrogens (tertiary/aromatic N) is 7. The van der Waals surface area contributed by atoms with E-state index in [1.54, 1.807) is 48.3 Å². The van der Waals surface area contributed by atoms with Crippen molar-refractivity contribution in [3.63, 3.8) is 0 Å². The summed E-state index contributed by atoms with van der Waals surface area (Å²) in [4.78, 5) is 22.2. The fraction of sp³-hybridized carbons (Fsp3) is 0.400. The molecular weight excluding hydrogens is 621 g/mol. The third-order valence-electron chi connectivity index (χ3n) is 9.31. The lowest BCUT2D eigenvalue weighted by Gasteiger charge is -2.47. The van der Waals surface area contributed by atoms with Gasteiger partial charge in [0.15, 0.2) is 5.82 Å². The highest BCUT2D eigenvalue weighted by Gasteiger charge is 2.46. The summed E-state index contributed by atoms with van der Waals surface area (Å²) in [6.07, 6.45) is -2.12. The van der Waals surface area contributed by atoms with Gasteiger partial charge in [0.05, 0.1) is 30.3 Å². The number of hydrogen-bond donors (Lipinski definition) is 1. The van der Waals surface area contributed by atoms with Crippen LogP contribution in [0.15, 0.2) is 48.8 Å². The van der Waals surface area contributed by atoms with Gasteiger partial charge in [0.1, 0.15) is 18.0 Å². The number of anilines is 2. The number of carbonyl (C=O) groups is 1. The minimum absolute atomic E-state index is 0.0365. The SMILES string of the molecule is CC(C)CNc1cc(-c2cc(C#N)ccc2-c2nncn2C)cc(N2Cc3c(cc(CN4CC5(CCOC5)C4)cc3C(F)(F)F)C2=O)n1. The maximum absolute atomic E-state index is 14.5. The molecule has 0 aliphatic carbocycles. The van der Waals surface area contributed by atoms with Crippen molar-refractivity contribution in [1.82, 2.24) is 24.6 Å². The van der Waals surface area contributed by atoms with Crippen LogP contribution in [0.25, 0.3) is 22.5 Å². The van der Waals surface area contributed by atoms with Crippen molar-refractivity contribution < 1.29 is 22.7 Å².